The zero-order chi connectivity index (χ0) is 21.3. The standard InChI is InChI=1S/C23H30N2O4S/c1-4-28-19-9-7-18(8-10-19)24-23(30)25(16-21-6-5-13-29-21)15-17-14-20(26-2)11-12-22(17)27-3/h7-12,14,21H,4-6,13,15-16H2,1-3H3,(H,24,30). The fourth-order valence-electron chi connectivity index (χ4n) is 3.47. The lowest BCUT2D eigenvalue weighted by molar-refractivity contribution is 0.0903. The van der Waals surface area contributed by atoms with Crippen LogP contribution in [0.2, 0.25) is 0 Å². The molecular weight excluding hydrogens is 400 g/mol. The van der Waals surface area contributed by atoms with Gasteiger partial charge in [0.05, 0.1) is 26.9 Å². The molecule has 2 aromatic rings. The van der Waals surface area contributed by atoms with Crippen LogP contribution in [0.3, 0.4) is 0 Å². The molecule has 1 fully saturated rings. The van der Waals surface area contributed by atoms with E-state index in [-0.39, 0.29) is 6.10 Å². The normalized spacial score (nSPS) is 15.5. The van der Waals surface area contributed by atoms with Crippen molar-refractivity contribution in [3.8, 4) is 17.2 Å². The van der Waals surface area contributed by atoms with Gasteiger partial charge in [-0.3, -0.25) is 0 Å². The number of rotatable bonds is 9. The van der Waals surface area contributed by atoms with Crippen molar-refractivity contribution in [3.63, 3.8) is 0 Å². The number of methoxy groups -OCH3 is 2. The molecule has 0 spiro atoms. The van der Waals surface area contributed by atoms with Crippen LogP contribution in [0, 0.1) is 0 Å². The van der Waals surface area contributed by atoms with E-state index in [4.69, 9.17) is 31.2 Å². The van der Waals surface area contributed by atoms with Gasteiger partial charge in [-0.2, -0.15) is 0 Å². The second kappa shape index (κ2) is 11.0. The number of anilines is 1. The minimum absolute atomic E-state index is 0.168. The maximum atomic E-state index is 5.86. The summed E-state index contributed by atoms with van der Waals surface area (Å²) in [6, 6.07) is 13.6. The van der Waals surface area contributed by atoms with Crippen molar-refractivity contribution in [2.75, 3.05) is 39.3 Å². The molecule has 6 nitrogen and oxygen atoms in total. The van der Waals surface area contributed by atoms with Crippen LogP contribution in [0.5, 0.6) is 17.2 Å². The Morgan fingerprint density at radius 2 is 1.90 bits per heavy atom. The molecule has 30 heavy (non-hydrogen) atoms. The first-order valence-corrected chi connectivity index (χ1v) is 10.6. The summed E-state index contributed by atoms with van der Waals surface area (Å²) in [6.45, 7) is 4.71. The Bertz CT molecular complexity index is 822. The fraction of sp³-hybridized carbons (Fsp3) is 0.435. The van der Waals surface area contributed by atoms with Crippen molar-refractivity contribution in [1.29, 1.82) is 0 Å². The van der Waals surface area contributed by atoms with Gasteiger partial charge in [0.25, 0.3) is 0 Å². The second-order valence-corrected chi connectivity index (χ2v) is 7.47. The van der Waals surface area contributed by atoms with Crippen LogP contribution in [0.4, 0.5) is 5.69 Å². The third kappa shape index (κ3) is 6.00. The predicted octanol–water partition coefficient (Wildman–Crippen LogP) is 4.48. The van der Waals surface area contributed by atoms with Crippen LogP contribution >= 0.6 is 12.2 Å². The summed E-state index contributed by atoms with van der Waals surface area (Å²) in [4.78, 5) is 2.12. The molecule has 0 aromatic heterocycles. The van der Waals surface area contributed by atoms with Gasteiger partial charge in [-0.1, -0.05) is 0 Å². The largest absolute Gasteiger partial charge is 0.497 e. The lowest BCUT2D eigenvalue weighted by Gasteiger charge is -2.29. The third-order valence-electron chi connectivity index (χ3n) is 5.00. The van der Waals surface area contributed by atoms with Crippen molar-refractivity contribution in [2.24, 2.45) is 0 Å². The molecule has 0 saturated carbocycles. The Morgan fingerprint density at radius 3 is 2.53 bits per heavy atom. The van der Waals surface area contributed by atoms with E-state index < -0.39 is 0 Å². The minimum atomic E-state index is 0.168. The quantitative estimate of drug-likeness (QED) is 0.589. The summed E-state index contributed by atoms with van der Waals surface area (Å²) in [5.41, 5.74) is 1.92. The van der Waals surface area contributed by atoms with Crippen molar-refractivity contribution in [1.82, 2.24) is 4.90 Å². The Hall–Kier alpha value is -2.51. The minimum Gasteiger partial charge on any atom is -0.497 e. The molecule has 1 N–H and O–H groups in total. The molecule has 0 bridgehead atoms. The fourth-order valence-corrected chi connectivity index (χ4v) is 3.73. The molecule has 3 rings (SSSR count). The van der Waals surface area contributed by atoms with Crippen molar-refractivity contribution >= 4 is 23.0 Å². The molecule has 1 unspecified atom stereocenters. The number of nitrogens with one attached hydrogen (secondary N) is 1. The Kier molecular flexibility index (Phi) is 8.16. The topological polar surface area (TPSA) is 52.2 Å². The molecule has 7 heteroatoms. The van der Waals surface area contributed by atoms with Gasteiger partial charge in [0, 0.05) is 30.9 Å². The highest BCUT2D eigenvalue weighted by molar-refractivity contribution is 7.80. The molecule has 1 saturated heterocycles. The zero-order valence-corrected chi connectivity index (χ0v) is 18.7. The Labute approximate surface area is 184 Å². The van der Waals surface area contributed by atoms with E-state index >= 15 is 0 Å². The number of ether oxygens (including phenoxy) is 4. The van der Waals surface area contributed by atoms with Crippen LogP contribution in [0.25, 0.3) is 0 Å². The van der Waals surface area contributed by atoms with Crippen LogP contribution in [-0.4, -0.2) is 50.1 Å². The molecule has 2 aromatic carbocycles. The van der Waals surface area contributed by atoms with E-state index in [2.05, 4.69) is 10.2 Å². The van der Waals surface area contributed by atoms with E-state index in [0.29, 0.717) is 24.8 Å². The number of benzene rings is 2. The van der Waals surface area contributed by atoms with E-state index in [9.17, 15) is 0 Å². The molecule has 162 valence electrons. The Balaban J connectivity index is 1.76. The van der Waals surface area contributed by atoms with Crippen molar-refractivity contribution < 1.29 is 18.9 Å². The molecule has 0 radical (unpaired) electrons. The molecule has 0 amide bonds. The highest BCUT2D eigenvalue weighted by atomic mass is 32.1. The monoisotopic (exact) mass is 430 g/mol. The van der Waals surface area contributed by atoms with Crippen LogP contribution < -0.4 is 19.5 Å². The van der Waals surface area contributed by atoms with Crippen molar-refractivity contribution in [3.05, 3.63) is 48.0 Å². The van der Waals surface area contributed by atoms with Gasteiger partial charge in [-0.25, -0.2) is 0 Å². The average molecular weight is 431 g/mol. The summed E-state index contributed by atoms with van der Waals surface area (Å²) < 4.78 is 22.3. The average Bonchev–Trinajstić information content (AvgIpc) is 3.28. The number of hydrogen-bond acceptors (Lipinski definition) is 5. The van der Waals surface area contributed by atoms with Gasteiger partial charge in [0.15, 0.2) is 5.11 Å². The maximum Gasteiger partial charge on any atom is 0.173 e. The molecule has 1 atom stereocenters. The van der Waals surface area contributed by atoms with E-state index in [1.54, 1.807) is 14.2 Å². The first-order chi connectivity index (χ1) is 14.6. The summed E-state index contributed by atoms with van der Waals surface area (Å²) >= 11 is 5.77. The van der Waals surface area contributed by atoms with Crippen molar-refractivity contribution in [2.45, 2.75) is 32.4 Å². The lowest BCUT2D eigenvalue weighted by Crippen LogP contribution is -2.39. The van der Waals surface area contributed by atoms with Gasteiger partial charge < -0.3 is 29.2 Å². The summed E-state index contributed by atoms with van der Waals surface area (Å²) in [6.07, 6.45) is 2.29. The first kappa shape index (κ1) is 22.2. The summed E-state index contributed by atoms with van der Waals surface area (Å²) in [7, 11) is 3.33. The van der Waals surface area contributed by atoms with Gasteiger partial charge in [0.2, 0.25) is 0 Å². The van der Waals surface area contributed by atoms with E-state index in [1.807, 2.05) is 49.4 Å². The summed E-state index contributed by atoms with van der Waals surface area (Å²) in [5.74, 6) is 2.43. The molecule has 0 aliphatic carbocycles. The third-order valence-corrected chi connectivity index (χ3v) is 5.36. The van der Waals surface area contributed by atoms with Crippen LogP contribution in [0.1, 0.15) is 25.3 Å². The Morgan fingerprint density at radius 1 is 1.13 bits per heavy atom. The molecule has 1 heterocycles. The smallest absolute Gasteiger partial charge is 0.173 e. The zero-order valence-electron chi connectivity index (χ0n) is 17.8. The van der Waals surface area contributed by atoms with E-state index in [0.717, 1.165) is 47.9 Å². The summed E-state index contributed by atoms with van der Waals surface area (Å²) in [5, 5.41) is 3.98. The van der Waals surface area contributed by atoms with Gasteiger partial charge in [-0.15, -0.1) is 0 Å². The molecule has 1 aliphatic rings. The van der Waals surface area contributed by atoms with Gasteiger partial charge >= 0.3 is 0 Å². The second-order valence-electron chi connectivity index (χ2n) is 7.08. The molecule has 1 aliphatic heterocycles. The highest BCUT2D eigenvalue weighted by Crippen LogP contribution is 2.26. The predicted molar refractivity (Wildman–Crippen MR) is 123 cm³/mol. The van der Waals surface area contributed by atoms with Gasteiger partial charge in [0.1, 0.15) is 17.2 Å². The highest BCUT2D eigenvalue weighted by Gasteiger charge is 2.22. The van der Waals surface area contributed by atoms with Gasteiger partial charge in [-0.05, 0) is 74.4 Å². The lowest BCUT2D eigenvalue weighted by atomic mass is 10.1. The molecular formula is C23H30N2O4S. The van der Waals surface area contributed by atoms with E-state index in [1.165, 1.54) is 0 Å². The number of hydrogen-bond donors (Lipinski definition) is 1. The SMILES string of the molecule is CCOc1ccc(NC(=S)N(Cc2cc(OC)ccc2OC)CC2CCCO2)cc1. The maximum absolute atomic E-state index is 5.86. The number of thiocarbonyl (C=S) groups is 1. The van der Waals surface area contributed by atoms with Crippen LogP contribution in [-0.2, 0) is 11.3 Å². The first-order valence-electron chi connectivity index (χ1n) is 10.2. The number of nitrogens with zero attached hydrogens (tertiary/aromatic N) is 1. The van der Waals surface area contributed by atoms with Crippen LogP contribution in [0.15, 0.2) is 42.5 Å².